The molecule has 0 radical (unpaired) electrons. The van der Waals surface area contributed by atoms with Crippen LogP contribution in [0.4, 0.5) is 0 Å². The standard InChI is InChI=1S/C13H21BrN2O2/c1-2-10(7-14)8-15-9-12(17)16-6-4-3-5-11(16)13(15)18/h10-11H,2-9H2,1H3. The average Bonchev–Trinajstić information content (AvgIpc) is 2.41. The first-order valence-electron chi connectivity index (χ1n) is 6.81. The van der Waals surface area contributed by atoms with E-state index in [4.69, 9.17) is 0 Å². The summed E-state index contributed by atoms with van der Waals surface area (Å²) in [5.41, 5.74) is 0. The highest BCUT2D eigenvalue weighted by Crippen LogP contribution is 2.24. The zero-order valence-corrected chi connectivity index (χ0v) is 12.5. The van der Waals surface area contributed by atoms with Crippen molar-refractivity contribution in [3.63, 3.8) is 0 Å². The Kier molecular flexibility index (Phi) is 4.65. The minimum atomic E-state index is -0.173. The summed E-state index contributed by atoms with van der Waals surface area (Å²) in [6.07, 6.45) is 3.96. The molecule has 2 rings (SSSR count). The number of fused-ring (bicyclic) bond motifs is 1. The molecular weight excluding hydrogens is 296 g/mol. The number of nitrogens with zero attached hydrogens (tertiary/aromatic N) is 2. The molecule has 4 nitrogen and oxygen atoms in total. The summed E-state index contributed by atoms with van der Waals surface area (Å²) in [5, 5.41) is 0.885. The molecule has 0 aromatic heterocycles. The van der Waals surface area contributed by atoms with Gasteiger partial charge in [0.25, 0.3) is 0 Å². The van der Waals surface area contributed by atoms with Gasteiger partial charge in [0.05, 0.1) is 6.54 Å². The Balaban J connectivity index is 2.05. The van der Waals surface area contributed by atoms with Crippen LogP contribution >= 0.6 is 15.9 Å². The van der Waals surface area contributed by atoms with Crippen molar-refractivity contribution < 1.29 is 9.59 Å². The largest absolute Gasteiger partial charge is 0.331 e. The van der Waals surface area contributed by atoms with Crippen molar-refractivity contribution in [3.05, 3.63) is 0 Å². The van der Waals surface area contributed by atoms with E-state index in [2.05, 4.69) is 22.9 Å². The Labute approximate surface area is 117 Å². The van der Waals surface area contributed by atoms with Crippen LogP contribution in [0, 0.1) is 5.92 Å². The summed E-state index contributed by atoms with van der Waals surface area (Å²) in [7, 11) is 0. The fraction of sp³-hybridized carbons (Fsp3) is 0.846. The predicted molar refractivity (Wildman–Crippen MR) is 73.5 cm³/mol. The molecule has 2 fully saturated rings. The first-order valence-corrected chi connectivity index (χ1v) is 7.93. The van der Waals surface area contributed by atoms with Gasteiger partial charge in [0.1, 0.15) is 6.04 Å². The number of carbonyl (C=O) groups is 2. The lowest BCUT2D eigenvalue weighted by Gasteiger charge is -2.43. The lowest BCUT2D eigenvalue weighted by molar-refractivity contribution is -0.158. The quantitative estimate of drug-likeness (QED) is 0.740. The van der Waals surface area contributed by atoms with Gasteiger partial charge in [-0.1, -0.05) is 29.3 Å². The SMILES string of the molecule is CCC(CBr)CN1CC(=O)N2CCCCC2C1=O. The summed E-state index contributed by atoms with van der Waals surface area (Å²) < 4.78 is 0. The summed E-state index contributed by atoms with van der Waals surface area (Å²) in [6.45, 7) is 3.86. The smallest absolute Gasteiger partial charge is 0.245 e. The van der Waals surface area contributed by atoms with E-state index in [-0.39, 0.29) is 24.4 Å². The normalized spacial score (nSPS) is 26.2. The van der Waals surface area contributed by atoms with Crippen LogP contribution in [0.5, 0.6) is 0 Å². The molecule has 2 unspecified atom stereocenters. The van der Waals surface area contributed by atoms with Gasteiger partial charge in [-0.15, -0.1) is 0 Å². The van der Waals surface area contributed by atoms with Crippen LogP contribution in [-0.2, 0) is 9.59 Å². The summed E-state index contributed by atoms with van der Waals surface area (Å²) in [5.74, 6) is 0.731. The third kappa shape index (κ3) is 2.71. The van der Waals surface area contributed by atoms with Crippen molar-refractivity contribution in [1.29, 1.82) is 0 Å². The Morgan fingerprint density at radius 2 is 2.17 bits per heavy atom. The predicted octanol–water partition coefficient (Wildman–Crippen LogP) is 1.63. The van der Waals surface area contributed by atoms with Gasteiger partial charge in [-0.3, -0.25) is 9.59 Å². The Bertz CT molecular complexity index is 331. The first-order chi connectivity index (χ1) is 8.67. The Morgan fingerprint density at radius 3 is 2.83 bits per heavy atom. The minimum absolute atomic E-state index is 0.128. The second kappa shape index (κ2) is 6.04. The van der Waals surface area contributed by atoms with E-state index in [1.807, 2.05) is 0 Å². The molecule has 0 aromatic rings. The molecule has 2 heterocycles. The van der Waals surface area contributed by atoms with Crippen LogP contribution in [0.15, 0.2) is 0 Å². The fourth-order valence-corrected chi connectivity index (χ4v) is 3.45. The number of carbonyl (C=O) groups excluding carboxylic acids is 2. The van der Waals surface area contributed by atoms with Gasteiger partial charge in [0.2, 0.25) is 11.8 Å². The number of rotatable bonds is 4. The molecule has 0 aliphatic carbocycles. The summed E-state index contributed by atoms with van der Waals surface area (Å²) >= 11 is 3.47. The molecule has 18 heavy (non-hydrogen) atoms. The number of piperidine rings is 1. The van der Waals surface area contributed by atoms with Gasteiger partial charge in [-0.25, -0.2) is 0 Å². The molecule has 2 saturated heterocycles. The molecule has 0 bridgehead atoms. The molecule has 5 heteroatoms. The van der Waals surface area contributed by atoms with Gasteiger partial charge >= 0.3 is 0 Å². The van der Waals surface area contributed by atoms with Crippen molar-refractivity contribution in [1.82, 2.24) is 9.80 Å². The number of hydrogen-bond acceptors (Lipinski definition) is 2. The first kappa shape index (κ1) is 13.8. The molecular formula is C13H21BrN2O2. The summed E-state index contributed by atoms with van der Waals surface area (Å²) in [4.78, 5) is 28.0. The number of amides is 2. The number of hydrogen-bond donors (Lipinski definition) is 0. The van der Waals surface area contributed by atoms with Crippen LogP contribution in [0.25, 0.3) is 0 Å². The van der Waals surface area contributed by atoms with Crippen molar-refractivity contribution in [3.8, 4) is 0 Å². The highest BCUT2D eigenvalue weighted by Gasteiger charge is 2.40. The maximum atomic E-state index is 12.4. The van der Waals surface area contributed by atoms with Crippen molar-refractivity contribution in [2.45, 2.75) is 38.6 Å². The van der Waals surface area contributed by atoms with Crippen LogP contribution in [-0.4, -0.2) is 52.6 Å². The van der Waals surface area contributed by atoms with E-state index in [1.54, 1.807) is 9.80 Å². The van der Waals surface area contributed by atoms with Crippen LogP contribution in [0.3, 0.4) is 0 Å². The molecule has 2 atom stereocenters. The van der Waals surface area contributed by atoms with Crippen LogP contribution in [0.1, 0.15) is 32.6 Å². The van der Waals surface area contributed by atoms with Crippen molar-refractivity contribution in [2.75, 3.05) is 25.0 Å². The van der Waals surface area contributed by atoms with Crippen molar-refractivity contribution in [2.24, 2.45) is 5.92 Å². The van der Waals surface area contributed by atoms with Gasteiger partial charge < -0.3 is 9.80 Å². The molecule has 2 aliphatic heterocycles. The molecule has 0 aromatic carbocycles. The van der Waals surface area contributed by atoms with E-state index < -0.39 is 0 Å². The highest BCUT2D eigenvalue weighted by atomic mass is 79.9. The van der Waals surface area contributed by atoms with E-state index in [0.29, 0.717) is 12.5 Å². The van der Waals surface area contributed by atoms with Gasteiger partial charge in [-0.05, 0) is 25.2 Å². The van der Waals surface area contributed by atoms with Gasteiger partial charge in [0.15, 0.2) is 0 Å². The molecule has 2 aliphatic rings. The van der Waals surface area contributed by atoms with E-state index >= 15 is 0 Å². The maximum absolute atomic E-state index is 12.4. The van der Waals surface area contributed by atoms with Gasteiger partial charge in [-0.2, -0.15) is 0 Å². The van der Waals surface area contributed by atoms with Crippen LogP contribution in [0.2, 0.25) is 0 Å². The zero-order chi connectivity index (χ0) is 13.1. The summed E-state index contributed by atoms with van der Waals surface area (Å²) in [6, 6.07) is -0.173. The second-order valence-corrected chi connectivity index (χ2v) is 5.89. The lowest BCUT2D eigenvalue weighted by atomic mass is 9.97. The zero-order valence-electron chi connectivity index (χ0n) is 10.9. The molecule has 0 spiro atoms. The average molecular weight is 317 g/mol. The van der Waals surface area contributed by atoms with E-state index in [1.165, 1.54) is 0 Å². The Morgan fingerprint density at radius 1 is 1.39 bits per heavy atom. The molecule has 2 amide bonds. The van der Waals surface area contributed by atoms with E-state index in [9.17, 15) is 9.59 Å². The second-order valence-electron chi connectivity index (χ2n) is 5.25. The molecule has 0 N–H and O–H groups in total. The molecule has 0 saturated carbocycles. The lowest BCUT2D eigenvalue weighted by Crippen LogP contribution is -2.61. The van der Waals surface area contributed by atoms with Crippen molar-refractivity contribution >= 4 is 27.7 Å². The monoisotopic (exact) mass is 316 g/mol. The number of halogens is 1. The highest BCUT2D eigenvalue weighted by molar-refractivity contribution is 9.09. The number of piperazine rings is 1. The third-order valence-electron chi connectivity index (χ3n) is 4.02. The fourth-order valence-electron chi connectivity index (χ4n) is 2.78. The third-order valence-corrected chi connectivity index (χ3v) is 4.94. The van der Waals surface area contributed by atoms with Crippen LogP contribution < -0.4 is 0 Å². The molecule has 102 valence electrons. The number of alkyl halides is 1. The maximum Gasteiger partial charge on any atom is 0.245 e. The van der Waals surface area contributed by atoms with Gasteiger partial charge in [0, 0.05) is 18.4 Å². The Hall–Kier alpha value is -0.580. The van der Waals surface area contributed by atoms with E-state index in [0.717, 1.165) is 37.6 Å². The minimum Gasteiger partial charge on any atom is -0.331 e. The topological polar surface area (TPSA) is 40.6 Å².